The second-order valence-corrected chi connectivity index (χ2v) is 6.97. The van der Waals surface area contributed by atoms with Crippen LogP contribution in [0.15, 0.2) is 0 Å². The average molecular weight is 323 g/mol. The molecule has 0 atom stereocenters. The van der Waals surface area contributed by atoms with Crippen molar-refractivity contribution in [3.63, 3.8) is 0 Å². The number of fused-ring (bicyclic) bond motifs is 3. The molecule has 0 spiro atoms. The lowest BCUT2D eigenvalue weighted by atomic mass is 10.2. The number of hydrogen-bond donors (Lipinski definition) is 0. The maximum absolute atomic E-state index is 12.2. The van der Waals surface area contributed by atoms with E-state index in [0.717, 1.165) is 28.3 Å². The average Bonchev–Trinajstić information content (AvgIpc) is 2.93. The molecule has 3 heterocycles. The van der Waals surface area contributed by atoms with Crippen molar-refractivity contribution in [3.05, 3.63) is 27.7 Å². The van der Waals surface area contributed by atoms with Crippen LogP contribution in [0.5, 0.6) is 0 Å². The number of halogens is 1. The van der Waals surface area contributed by atoms with Crippen molar-refractivity contribution in [2.75, 3.05) is 0 Å². The predicted molar refractivity (Wildman–Crippen MR) is 83.0 cm³/mol. The molecule has 0 saturated heterocycles. The number of nitrogens with zero attached hydrogens (tertiary/aromatic N) is 4. The van der Waals surface area contributed by atoms with Gasteiger partial charge in [0.1, 0.15) is 5.60 Å². The molecular weight excluding hydrogens is 304 g/mol. The fourth-order valence-electron chi connectivity index (χ4n) is 2.57. The highest BCUT2D eigenvalue weighted by molar-refractivity contribution is 6.31. The molecule has 118 valence electrons. The molecule has 0 aromatic carbocycles. The van der Waals surface area contributed by atoms with Gasteiger partial charge < -0.3 is 4.74 Å². The van der Waals surface area contributed by atoms with Crippen LogP contribution in [0.1, 0.15) is 43.4 Å². The summed E-state index contributed by atoms with van der Waals surface area (Å²) in [6.45, 7) is 10.2. The molecule has 1 aliphatic rings. The second kappa shape index (κ2) is 4.84. The van der Waals surface area contributed by atoms with Crippen molar-refractivity contribution in [3.8, 4) is 0 Å². The first kappa shape index (κ1) is 15.1. The Morgan fingerprint density at radius 3 is 2.59 bits per heavy atom. The van der Waals surface area contributed by atoms with Crippen LogP contribution in [0.25, 0.3) is 5.65 Å². The molecule has 6 nitrogen and oxygen atoms in total. The molecule has 0 saturated carbocycles. The van der Waals surface area contributed by atoms with Gasteiger partial charge in [0.25, 0.3) is 0 Å². The topological polar surface area (TPSA) is 59.7 Å². The minimum absolute atomic E-state index is 0.328. The van der Waals surface area contributed by atoms with E-state index < -0.39 is 5.60 Å². The molecule has 1 amide bonds. The third-order valence-electron chi connectivity index (χ3n) is 3.61. The second-order valence-electron chi connectivity index (χ2n) is 6.59. The summed E-state index contributed by atoms with van der Waals surface area (Å²) in [5.41, 5.74) is 3.71. The summed E-state index contributed by atoms with van der Waals surface area (Å²) in [4.78, 5) is 18.3. The van der Waals surface area contributed by atoms with E-state index >= 15 is 0 Å². The largest absolute Gasteiger partial charge is 0.444 e. The zero-order chi connectivity index (χ0) is 16.2. The van der Waals surface area contributed by atoms with Crippen LogP contribution in [0.4, 0.5) is 4.79 Å². The molecule has 0 N–H and O–H groups in total. The van der Waals surface area contributed by atoms with Gasteiger partial charge >= 0.3 is 6.09 Å². The van der Waals surface area contributed by atoms with Crippen LogP contribution in [0.3, 0.4) is 0 Å². The molecule has 0 aliphatic carbocycles. The van der Waals surface area contributed by atoms with Crippen molar-refractivity contribution in [2.45, 2.75) is 53.3 Å². The molecule has 3 rings (SSSR count). The lowest BCUT2D eigenvalue weighted by molar-refractivity contribution is 0.0240. The van der Waals surface area contributed by atoms with E-state index in [4.69, 9.17) is 16.3 Å². The third-order valence-corrected chi connectivity index (χ3v) is 4.15. The Hall–Kier alpha value is -1.82. The van der Waals surface area contributed by atoms with Gasteiger partial charge in [-0.25, -0.2) is 14.3 Å². The van der Waals surface area contributed by atoms with Crippen LogP contribution in [0, 0.1) is 13.8 Å². The van der Waals surface area contributed by atoms with Gasteiger partial charge in [-0.15, -0.1) is 0 Å². The standard InChI is InChI=1S/C15H19ClN4O2/c1-8-12(16)9(2)20-13(17-8)10-6-19(7-11(10)18-20)14(21)22-15(3,4)5/h6-7H2,1-5H3. The van der Waals surface area contributed by atoms with Gasteiger partial charge in [0.05, 0.1) is 35.2 Å². The van der Waals surface area contributed by atoms with Gasteiger partial charge in [-0.1, -0.05) is 11.6 Å². The molecule has 0 fully saturated rings. The number of aromatic nitrogens is 3. The van der Waals surface area contributed by atoms with E-state index in [1.807, 2.05) is 34.6 Å². The van der Waals surface area contributed by atoms with Crippen molar-refractivity contribution >= 4 is 23.3 Å². The number of aryl methyl sites for hydroxylation is 2. The fraction of sp³-hybridized carbons (Fsp3) is 0.533. The van der Waals surface area contributed by atoms with Crippen molar-refractivity contribution in [2.24, 2.45) is 0 Å². The van der Waals surface area contributed by atoms with E-state index in [-0.39, 0.29) is 6.09 Å². The van der Waals surface area contributed by atoms with Crippen molar-refractivity contribution in [1.82, 2.24) is 19.5 Å². The van der Waals surface area contributed by atoms with E-state index in [1.54, 1.807) is 9.42 Å². The first-order valence-electron chi connectivity index (χ1n) is 7.18. The van der Waals surface area contributed by atoms with Gasteiger partial charge in [0.15, 0.2) is 5.65 Å². The minimum Gasteiger partial charge on any atom is -0.444 e. The molecule has 22 heavy (non-hydrogen) atoms. The summed E-state index contributed by atoms with van der Waals surface area (Å²) in [7, 11) is 0. The quantitative estimate of drug-likeness (QED) is 0.747. The van der Waals surface area contributed by atoms with E-state index in [2.05, 4.69) is 10.1 Å². The fourth-order valence-corrected chi connectivity index (χ4v) is 2.69. The molecule has 7 heteroatoms. The van der Waals surface area contributed by atoms with Crippen LogP contribution < -0.4 is 0 Å². The van der Waals surface area contributed by atoms with Crippen LogP contribution in [-0.4, -0.2) is 31.2 Å². The molecule has 1 aliphatic heterocycles. The predicted octanol–water partition coefficient (Wildman–Crippen LogP) is 3.25. The molecular formula is C15H19ClN4O2. The Kier molecular flexibility index (Phi) is 3.32. The number of amides is 1. The van der Waals surface area contributed by atoms with Crippen molar-refractivity contribution in [1.29, 1.82) is 0 Å². The zero-order valence-corrected chi connectivity index (χ0v) is 14.2. The molecule has 2 aromatic heterocycles. The summed E-state index contributed by atoms with van der Waals surface area (Å²) in [5, 5.41) is 5.17. The Morgan fingerprint density at radius 1 is 1.27 bits per heavy atom. The van der Waals surface area contributed by atoms with E-state index in [9.17, 15) is 4.79 Å². The lowest BCUT2D eigenvalue weighted by Gasteiger charge is -2.24. The highest BCUT2D eigenvalue weighted by Gasteiger charge is 2.32. The first-order chi connectivity index (χ1) is 10.2. The summed E-state index contributed by atoms with van der Waals surface area (Å²) < 4.78 is 7.17. The number of ether oxygens (including phenoxy) is 1. The summed E-state index contributed by atoms with van der Waals surface area (Å²) in [5.74, 6) is 0. The van der Waals surface area contributed by atoms with E-state index in [0.29, 0.717) is 18.1 Å². The smallest absolute Gasteiger partial charge is 0.410 e. The van der Waals surface area contributed by atoms with Crippen LogP contribution in [-0.2, 0) is 17.8 Å². The summed E-state index contributed by atoms with van der Waals surface area (Å²) >= 11 is 6.22. The lowest BCUT2D eigenvalue weighted by Crippen LogP contribution is -2.33. The van der Waals surface area contributed by atoms with E-state index in [1.165, 1.54) is 0 Å². The molecule has 0 bridgehead atoms. The first-order valence-corrected chi connectivity index (χ1v) is 7.56. The van der Waals surface area contributed by atoms with Gasteiger partial charge in [-0.3, -0.25) is 4.90 Å². The monoisotopic (exact) mass is 322 g/mol. The molecule has 0 radical (unpaired) electrons. The minimum atomic E-state index is -0.507. The Morgan fingerprint density at radius 2 is 1.95 bits per heavy atom. The molecule has 2 aromatic rings. The van der Waals surface area contributed by atoms with Gasteiger partial charge in [0.2, 0.25) is 0 Å². The van der Waals surface area contributed by atoms with Gasteiger partial charge in [-0.05, 0) is 34.6 Å². The Labute approximate surface area is 134 Å². The Bertz CT molecular complexity index is 776. The molecule has 0 unspecified atom stereocenters. The van der Waals surface area contributed by atoms with Gasteiger partial charge in [0, 0.05) is 5.56 Å². The zero-order valence-electron chi connectivity index (χ0n) is 13.4. The van der Waals surface area contributed by atoms with Crippen LogP contribution >= 0.6 is 11.6 Å². The highest BCUT2D eigenvalue weighted by Crippen LogP contribution is 2.29. The number of carbonyl (C=O) groups excluding carboxylic acids is 1. The number of carbonyl (C=O) groups is 1. The van der Waals surface area contributed by atoms with Gasteiger partial charge in [-0.2, -0.15) is 5.10 Å². The Balaban J connectivity index is 1.94. The summed E-state index contributed by atoms with van der Waals surface area (Å²) in [6.07, 6.45) is -0.328. The highest BCUT2D eigenvalue weighted by atomic mass is 35.5. The number of rotatable bonds is 0. The summed E-state index contributed by atoms with van der Waals surface area (Å²) in [6, 6.07) is 0. The number of hydrogen-bond acceptors (Lipinski definition) is 4. The third kappa shape index (κ3) is 2.41. The van der Waals surface area contributed by atoms with Crippen LogP contribution in [0.2, 0.25) is 5.02 Å². The maximum atomic E-state index is 12.2. The normalized spacial score (nSPS) is 14.5. The van der Waals surface area contributed by atoms with Crippen molar-refractivity contribution < 1.29 is 9.53 Å². The SMILES string of the molecule is Cc1nc2c3c(nn2c(C)c1Cl)CN(C(=O)OC(C)(C)C)C3. The maximum Gasteiger partial charge on any atom is 0.410 e.